The lowest BCUT2D eigenvalue weighted by Gasteiger charge is -2.27. The van der Waals surface area contributed by atoms with Crippen molar-refractivity contribution in [3.05, 3.63) is 35.1 Å². The zero-order valence-corrected chi connectivity index (χ0v) is 20.2. The molecule has 0 saturated carbocycles. The van der Waals surface area contributed by atoms with E-state index in [9.17, 15) is 18.8 Å². The van der Waals surface area contributed by atoms with Crippen molar-refractivity contribution < 1.29 is 33.0 Å². The minimum atomic E-state index is -0.929. The van der Waals surface area contributed by atoms with Gasteiger partial charge in [0.1, 0.15) is 30.2 Å². The first-order valence-electron chi connectivity index (χ1n) is 10.5. The molecule has 32 heavy (non-hydrogen) atoms. The van der Waals surface area contributed by atoms with Gasteiger partial charge in [-0.1, -0.05) is 28.1 Å². The Bertz CT molecular complexity index is 888. The lowest BCUT2D eigenvalue weighted by Crippen LogP contribution is -2.44. The van der Waals surface area contributed by atoms with Gasteiger partial charge in [-0.25, -0.2) is 18.8 Å². The molecular weight excluding hydrogens is 487 g/mol. The van der Waals surface area contributed by atoms with Crippen molar-refractivity contribution in [3.8, 4) is 0 Å². The number of ether oxygens (including phenoxy) is 3. The maximum atomic E-state index is 14.0. The van der Waals surface area contributed by atoms with Crippen molar-refractivity contribution in [1.29, 1.82) is 0 Å². The molecule has 0 spiro atoms. The molecule has 176 valence electrons. The molecule has 8 nitrogen and oxygen atoms in total. The Morgan fingerprint density at radius 3 is 2.56 bits per heavy atom. The number of esters is 1. The number of nitrogens with zero attached hydrogens (tertiary/aromatic N) is 2. The Balaban J connectivity index is 1.66. The predicted octanol–water partition coefficient (Wildman–Crippen LogP) is 3.98. The van der Waals surface area contributed by atoms with Gasteiger partial charge in [0.05, 0.1) is 13.1 Å². The topological polar surface area (TPSA) is 85.4 Å². The highest BCUT2D eigenvalue weighted by molar-refractivity contribution is 9.09. The van der Waals surface area contributed by atoms with Gasteiger partial charge in [0.15, 0.2) is 0 Å². The molecular formula is C22H28BrFN2O6. The normalized spacial score (nSPS) is 21.2. The third kappa shape index (κ3) is 5.90. The molecule has 0 bridgehead atoms. The van der Waals surface area contributed by atoms with Gasteiger partial charge in [-0.3, -0.25) is 9.80 Å². The standard InChI is InChI=1S/C22H28BrFN2O6/c1-13(23)12-30-19(27)18-8-15(10-26(18)21(29)32-22(2,3)4)31-20(28)25-9-14-6-5-7-17(24)16(14)11-25/h5-7,13,15,18H,8-12H2,1-4H3/t13?,15-,18+/m1/s1. The summed E-state index contributed by atoms with van der Waals surface area (Å²) in [7, 11) is 0. The number of carbonyl (C=O) groups excluding carboxylic acids is 3. The number of fused-ring (bicyclic) bond motifs is 1. The van der Waals surface area contributed by atoms with Crippen LogP contribution in [0.1, 0.15) is 45.2 Å². The quantitative estimate of drug-likeness (QED) is 0.343. The maximum absolute atomic E-state index is 14.0. The lowest BCUT2D eigenvalue weighted by molar-refractivity contribution is -0.148. The smallest absolute Gasteiger partial charge is 0.411 e. The number of carbonyl (C=O) groups is 3. The summed E-state index contributed by atoms with van der Waals surface area (Å²) in [5.74, 6) is -0.949. The molecule has 2 heterocycles. The van der Waals surface area contributed by atoms with Crippen LogP contribution in [0, 0.1) is 5.82 Å². The minimum absolute atomic E-state index is 0.000560. The van der Waals surface area contributed by atoms with Gasteiger partial charge in [0, 0.05) is 23.4 Å². The summed E-state index contributed by atoms with van der Waals surface area (Å²) in [6, 6.07) is 3.79. The van der Waals surface area contributed by atoms with Gasteiger partial charge in [-0.2, -0.15) is 0 Å². The van der Waals surface area contributed by atoms with E-state index in [-0.39, 0.29) is 43.3 Å². The summed E-state index contributed by atoms with van der Waals surface area (Å²) in [6.07, 6.45) is -1.93. The van der Waals surface area contributed by atoms with Crippen LogP contribution in [0.2, 0.25) is 0 Å². The number of halogens is 2. The number of amides is 2. The lowest BCUT2D eigenvalue weighted by atomic mass is 10.1. The molecule has 3 atom stereocenters. The zero-order chi connectivity index (χ0) is 23.6. The van der Waals surface area contributed by atoms with Crippen LogP contribution in [0.3, 0.4) is 0 Å². The van der Waals surface area contributed by atoms with Gasteiger partial charge in [-0.05, 0) is 39.3 Å². The second-order valence-corrected chi connectivity index (χ2v) is 10.6. The van der Waals surface area contributed by atoms with Gasteiger partial charge in [0.2, 0.25) is 0 Å². The van der Waals surface area contributed by atoms with E-state index in [1.54, 1.807) is 32.9 Å². The van der Waals surface area contributed by atoms with E-state index < -0.39 is 35.9 Å². The van der Waals surface area contributed by atoms with Crippen LogP contribution >= 0.6 is 15.9 Å². The van der Waals surface area contributed by atoms with Crippen LogP contribution in [0.4, 0.5) is 14.0 Å². The Hall–Kier alpha value is -2.36. The van der Waals surface area contributed by atoms with Crippen molar-refractivity contribution in [2.45, 2.75) is 69.8 Å². The second-order valence-electron chi connectivity index (χ2n) is 9.03. The molecule has 1 aromatic rings. The molecule has 2 amide bonds. The van der Waals surface area contributed by atoms with E-state index in [1.807, 2.05) is 6.92 Å². The Labute approximate surface area is 195 Å². The molecule has 0 N–H and O–H groups in total. The van der Waals surface area contributed by atoms with Gasteiger partial charge in [-0.15, -0.1) is 0 Å². The molecule has 1 saturated heterocycles. The largest absolute Gasteiger partial charge is 0.463 e. The van der Waals surface area contributed by atoms with Crippen LogP contribution in [-0.2, 0) is 32.1 Å². The number of hydrogen-bond donors (Lipinski definition) is 0. The number of rotatable bonds is 4. The summed E-state index contributed by atoms with van der Waals surface area (Å²) in [5, 5.41) is 0. The summed E-state index contributed by atoms with van der Waals surface area (Å²) in [4.78, 5) is 40.6. The number of alkyl halides is 1. The number of hydrogen-bond acceptors (Lipinski definition) is 6. The molecule has 10 heteroatoms. The van der Waals surface area contributed by atoms with Crippen LogP contribution in [-0.4, -0.2) is 63.7 Å². The molecule has 1 fully saturated rings. The van der Waals surface area contributed by atoms with Crippen LogP contribution in [0.5, 0.6) is 0 Å². The number of likely N-dealkylation sites (tertiary alicyclic amines) is 1. The predicted molar refractivity (Wildman–Crippen MR) is 117 cm³/mol. The average molecular weight is 515 g/mol. The van der Waals surface area contributed by atoms with Crippen molar-refractivity contribution in [1.82, 2.24) is 9.80 Å². The van der Waals surface area contributed by atoms with E-state index in [0.717, 1.165) is 5.56 Å². The Kier molecular flexibility index (Phi) is 7.32. The minimum Gasteiger partial charge on any atom is -0.463 e. The van der Waals surface area contributed by atoms with E-state index in [4.69, 9.17) is 14.2 Å². The van der Waals surface area contributed by atoms with Crippen LogP contribution < -0.4 is 0 Å². The fraction of sp³-hybridized carbons (Fsp3) is 0.591. The first kappa shape index (κ1) is 24.3. The van der Waals surface area contributed by atoms with Crippen molar-refractivity contribution >= 4 is 34.1 Å². The summed E-state index contributed by atoms with van der Waals surface area (Å²) >= 11 is 3.31. The fourth-order valence-corrected chi connectivity index (χ4v) is 3.78. The van der Waals surface area contributed by atoms with Gasteiger partial charge in [0.25, 0.3) is 0 Å². The third-order valence-corrected chi connectivity index (χ3v) is 5.33. The summed E-state index contributed by atoms with van der Waals surface area (Å²) < 4.78 is 30.3. The van der Waals surface area contributed by atoms with Crippen molar-refractivity contribution in [3.63, 3.8) is 0 Å². The first-order valence-corrected chi connectivity index (χ1v) is 11.4. The molecule has 1 aromatic carbocycles. The highest BCUT2D eigenvalue weighted by atomic mass is 79.9. The maximum Gasteiger partial charge on any atom is 0.411 e. The monoisotopic (exact) mass is 514 g/mol. The van der Waals surface area contributed by atoms with Crippen molar-refractivity contribution in [2.24, 2.45) is 0 Å². The molecule has 0 aliphatic carbocycles. The molecule has 2 aliphatic heterocycles. The molecule has 2 aliphatic rings. The SMILES string of the molecule is CC(Br)COC(=O)[C@@H]1C[C@@H](OC(=O)N2Cc3cccc(F)c3C2)CN1C(=O)OC(C)(C)C. The Morgan fingerprint density at radius 1 is 1.22 bits per heavy atom. The highest BCUT2D eigenvalue weighted by Crippen LogP contribution is 2.28. The molecule has 1 unspecified atom stereocenters. The number of benzene rings is 1. The molecule has 0 aromatic heterocycles. The molecule has 0 radical (unpaired) electrons. The van der Waals surface area contributed by atoms with E-state index in [1.165, 1.54) is 15.9 Å². The van der Waals surface area contributed by atoms with E-state index in [0.29, 0.717) is 5.56 Å². The highest BCUT2D eigenvalue weighted by Gasteiger charge is 2.44. The third-order valence-electron chi connectivity index (χ3n) is 5.07. The first-order chi connectivity index (χ1) is 14.9. The molecule has 3 rings (SSSR count). The van der Waals surface area contributed by atoms with Gasteiger partial charge < -0.3 is 14.2 Å². The van der Waals surface area contributed by atoms with Crippen LogP contribution in [0.25, 0.3) is 0 Å². The Morgan fingerprint density at radius 2 is 1.94 bits per heavy atom. The van der Waals surface area contributed by atoms with Crippen molar-refractivity contribution in [2.75, 3.05) is 13.2 Å². The van der Waals surface area contributed by atoms with E-state index in [2.05, 4.69) is 15.9 Å². The summed E-state index contributed by atoms with van der Waals surface area (Å²) in [6.45, 7) is 7.49. The fourth-order valence-electron chi connectivity index (χ4n) is 3.65. The average Bonchev–Trinajstić information content (AvgIpc) is 3.30. The van der Waals surface area contributed by atoms with Gasteiger partial charge >= 0.3 is 18.2 Å². The second kappa shape index (κ2) is 9.64. The summed E-state index contributed by atoms with van der Waals surface area (Å²) in [5.41, 5.74) is 0.446. The zero-order valence-electron chi connectivity index (χ0n) is 18.6. The van der Waals surface area contributed by atoms with Crippen LogP contribution in [0.15, 0.2) is 18.2 Å². The van der Waals surface area contributed by atoms with E-state index >= 15 is 0 Å².